The molecule has 144 valence electrons. The van der Waals surface area contributed by atoms with Crippen molar-refractivity contribution >= 4 is 17.7 Å². The third-order valence-electron chi connectivity index (χ3n) is 7.13. The van der Waals surface area contributed by atoms with Crippen molar-refractivity contribution in [1.82, 2.24) is 0 Å². The molecule has 1 aromatic rings. The molecule has 27 heavy (non-hydrogen) atoms. The summed E-state index contributed by atoms with van der Waals surface area (Å²) in [5.74, 6) is -1.17. The summed E-state index contributed by atoms with van der Waals surface area (Å²) in [6.45, 7) is 4.10. The fourth-order valence-electron chi connectivity index (χ4n) is 5.67. The molecule has 1 saturated heterocycles. The minimum Gasteiger partial charge on any atom is -0.472 e. The first-order valence-electron chi connectivity index (χ1n) is 9.35. The highest BCUT2D eigenvalue weighted by Gasteiger charge is 2.62. The first-order chi connectivity index (χ1) is 12.8. The second-order valence-corrected chi connectivity index (χ2v) is 8.47. The van der Waals surface area contributed by atoms with E-state index in [0.717, 1.165) is 5.56 Å². The molecule has 0 unspecified atom stereocenters. The quantitative estimate of drug-likeness (QED) is 0.740. The minimum absolute atomic E-state index is 0.0847. The molecular formula is C21H24O6. The molecule has 0 bridgehead atoms. The molecule has 1 saturated carbocycles. The molecule has 2 heterocycles. The van der Waals surface area contributed by atoms with Gasteiger partial charge in [0.1, 0.15) is 6.10 Å². The van der Waals surface area contributed by atoms with Gasteiger partial charge in [0.15, 0.2) is 5.78 Å². The Hall–Kier alpha value is -2.37. The van der Waals surface area contributed by atoms with E-state index in [1.807, 2.05) is 6.92 Å². The van der Waals surface area contributed by atoms with E-state index in [0.29, 0.717) is 31.3 Å². The van der Waals surface area contributed by atoms with Crippen LogP contribution in [0, 0.1) is 22.7 Å². The molecule has 0 radical (unpaired) electrons. The molecule has 3 aliphatic rings. The molecule has 2 aliphatic carbocycles. The summed E-state index contributed by atoms with van der Waals surface area (Å²) in [5.41, 5.74) is 0.309. The Labute approximate surface area is 157 Å². The number of carbonyl (C=O) groups is 3. The Morgan fingerprint density at radius 3 is 2.74 bits per heavy atom. The zero-order chi connectivity index (χ0) is 19.4. The van der Waals surface area contributed by atoms with Crippen LogP contribution in [0.1, 0.15) is 51.2 Å². The number of allylic oxidation sites excluding steroid dienone is 1. The molecule has 0 aromatic carbocycles. The number of furan rings is 1. The monoisotopic (exact) mass is 372 g/mol. The number of hydrogen-bond donors (Lipinski definition) is 0. The standard InChI is InChI=1S/C21H24O6/c1-20-6-4-14-19(24)27-16(12-5-7-26-11-12)10-21(14,2)17(20)9-13(22)8-15(20)18(23)25-3/h5,7-8,11,14,16-17H,4,6,9-10H2,1-3H3/t14-,16-,17+,20-,21+/m0/s1. The molecule has 1 aromatic heterocycles. The van der Waals surface area contributed by atoms with Crippen LogP contribution in [0.3, 0.4) is 0 Å². The molecule has 6 heteroatoms. The van der Waals surface area contributed by atoms with Crippen LogP contribution in [0.25, 0.3) is 0 Å². The van der Waals surface area contributed by atoms with Crippen molar-refractivity contribution in [2.45, 2.75) is 45.6 Å². The van der Waals surface area contributed by atoms with Gasteiger partial charge in [-0.2, -0.15) is 0 Å². The van der Waals surface area contributed by atoms with Gasteiger partial charge < -0.3 is 13.9 Å². The van der Waals surface area contributed by atoms with E-state index >= 15 is 0 Å². The molecule has 0 spiro atoms. The number of rotatable bonds is 2. The number of esters is 2. The van der Waals surface area contributed by atoms with E-state index in [9.17, 15) is 14.4 Å². The zero-order valence-corrected chi connectivity index (χ0v) is 15.8. The second-order valence-electron chi connectivity index (χ2n) is 8.47. The number of hydrogen-bond acceptors (Lipinski definition) is 6. The highest BCUT2D eigenvalue weighted by Crippen LogP contribution is 2.64. The molecule has 0 amide bonds. The number of methoxy groups -OCH3 is 1. The van der Waals surface area contributed by atoms with Gasteiger partial charge in [-0.3, -0.25) is 9.59 Å². The van der Waals surface area contributed by atoms with Crippen LogP contribution in [0.4, 0.5) is 0 Å². The zero-order valence-electron chi connectivity index (χ0n) is 15.8. The van der Waals surface area contributed by atoms with Crippen LogP contribution >= 0.6 is 0 Å². The fourth-order valence-corrected chi connectivity index (χ4v) is 5.67. The van der Waals surface area contributed by atoms with Gasteiger partial charge >= 0.3 is 11.9 Å². The van der Waals surface area contributed by atoms with Crippen molar-refractivity contribution in [3.8, 4) is 0 Å². The molecule has 6 nitrogen and oxygen atoms in total. The Balaban J connectivity index is 1.77. The van der Waals surface area contributed by atoms with Gasteiger partial charge in [-0.25, -0.2) is 4.79 Å². The highest BCUT2D eigenvalue weighted by molar-refractivity contribution is 6.02. The van der Waals surface area contributed by atoms with E-state index < -0.39 is 22.9 Å². The van der Waals surface area contributed by atoms with Crippen LogP contribution in [-0.4, -0.2) is 24.8 Å². The van der Waals surface area contributed by atoms with Crippen molar-refractivity contribution in [2.24, 2.45) is 22.7 Å². The lowest BCUT2D eigenvalue weighted by Crippen LogP contribution is -2.57. The molecular weight excluding hydrogens is 348 g/mol. The topological polar surface area (TPSA) is 82.8 Å². The lowest BCUT2D eigenvalue weighted by Gasteiger charge is -2.59. The summed E-state index contributed by atoms with van der Waals surface area (Å²) in [5, 5.41) is 0. The Bertz CT molecular complexity index is 822. The maximum Gasteiger partial charge on any atom is 0.334 e. The summed E-state index contributed by atoms with van der Waals surface area (Å²) in [4.78, 5) is 37.7. The predicted molar refractivity (Wildman–Crippen MR) is 94.3 cm³/mol. The Morgan fingerprint density at radius 1 is 1.30 bits per heavy atom. The maximum atomic E-state index is 12.8. The van der Waals surface area contributed by atoms with Crippen LogP contribution in [-0.2, 0) is 23.9 Å². The second kappa shape index (κ2) is 6.08. The molecule has 1 aliphatic heterocycles. The van der Waals surface area contributed by atoms with Crippen LogP contribution in [0.5, 0.6) is 0 Å². The van der Waals surface area contributed by atoms with Gasteiger partial charge in [0.2, 0.25) is 0 Å². The SMILES string of the molecule is COC(=O)C1=CC(=O)C[C@H]2[C@]3(C)C[C@@H](c4ccoc4)OC(=O)[C@@H]3CC[C@@]12C. The minimum atomic E-state index is -0.495. The average molecular weight is 372 g/mol. The Morgan fingerprint density at radius 2 is 2.07 bits per heavy atom. The van der Waals surface area contributed by atoms with E-state index in [4.69, 9.17) is 13.9 Å². The van der Waals surface area contributed by atoms with Crippen molar-refractivity contribution in [2.75, 3.05) is 7.11 Å². The predicted octanol–water partition coefficient (Wildman–Crippen LogP) is 3.38. The van der Waals surface area contributed by atoms with Gasteiger partial charge in [0.25, 0.3) is 0 Å². The van der Waals surface area contributed by atoms with Crippen LogP contribution in [0.15, 0.2) is 34.7 Å². The van der Waals surface area contributed by atoms with Crippen molar-refractivity contribution in [1.29, 1.82) is 0 Å². The van der Waals surface area contributed by atoms with E-state index in [-0.39, 0.29) is 23.6 Å². The summed E-state index contributed by atoms with van der Waals surface area (Å²) in [7, 11) is 1.33. The smallest absolute Gasteiger partial charge is 0.334 e. The van der Waals surface area contributed by atoms with Gasteiger partial charge in [-0.15, -0.1) is 0 Å². The normalized spacial score (nSPS) is 38.3. The highest BCUT2D eigenvalue weighted by atomic mass is 16.5. The first kappa shape index (κ1) is 18.0. The third kappa shape index (κ3) is 2.57. The van der Waals surface area contributed by atoms with Gasteiger partial charge in [0, 0.05) is 23.0 Å². The average Bonchev–Trinajstić information content (AvgIpc) is 3.16. The summed E-state index contributed by atoms with van der Waals surface area (Å²) in [6, 6.07) is 1.80. The van der Waals surface area contributed by atoms with E-state index in [1.165, 1.54) is 13.2 Å². The Kier molecular flexibility index (Phi) is 4.05. The number of ketones is 1. The molecule has 0 N–H and O–H groups in total. The van der Waals surface area contributed by atoms with Crippen molar-refractivity contribution in [3.63, 3.8) is 0 Å². The third-order valence-corrected chi connectivity index (χ3v) is 7.13. The van der Waals surface area contributed by atoms with Crippen molar-refractivity contribution in [3.05, 3.63) is 35.8 Å². The largest absolute Gasteiger partial charge is 0.472 e. The van der Waals surface area contributed by atoms with Gasteiger partial charge in [-0.05, 0) is 42.7 Å². The fraction of sp³-hybridized carbons (Fsp3) is 0.571. The van der Waals surface area contributed by atoms with Crippen molar-refractivity contribution < 1.29 is 28.3 Å². The summed E-state index contributed by atoms with van der Waals surface area (Å²) < 4.78 is 15.8. The number of fused-ring (bicyclic) bond motifs is 3. The van der Waals surface area contributed by atoms with E-state index in [1.54, 1.807) is 18.6 Å². The van der Waals surface area contributed by atoms with Gasteiger partial charge in [0.05, 0.1) is 25.6 Å². The number of cyclic esters (lactones) is 1. The van der Waals surface area contributed by atoms with Gasteiger partial charge in [-0.1, -0.05) is 13.8 Å². The molecule has 5 atom stereocenters. The molecule has 2 fully saturated rings. The van der Waals surface area contributed by atoms with E-state index in [2.05, 4.69) is 6.92 Å². The molecule has 4 rings (SSSR count). The lowest BCUT2D eigenvalue weighted by molar-refractivity contribution is -0.191. The maximum absolute atomic E-state index is 12.8. The van der Waals surface area contributed by atoms with Crippen LogP contribution < -0.4 is 0 Å². The number of carbonyl (C=O) groups excluding carboxylic acids is 3. The first-order valence-corrected chi connectivity index (χ1v) is 9.35. The number of ether oxygens (including phenoxy) is 2. The van der Waals surface area contributed by atoms with Crippen LogP contribution in [0.2, 0.25) is 0 Å². The summed E-state index contributed by atoms with van der Waals surface area (Å²) >= 11 is 0. The summed E-state index contributed by atoms with van der Waals surface area (Å²) in [6.07, 6.45) is 6.41. The lowest BCUT2D eigenvalue weighted by atomic mass is 9.45.